The molecule has 0 spiro atoms. The van der Waals surface area contributed by atoms with Crippen molar-refractivity contribution in [3.05, 3.63) is 47.9 Å². The van der Waals surface area contributed by atoms with E-state index in [-0.39, 0.29) is 24.3 Å². The Labute approximate surface area is 214 Å². The lowest BCUT2D eigenvalue weighted by Gasteiger charge is -2.33. The number of hydrogen-bond acceptors (Lipinski definition) is 9. The van der Waals surface area contributed by atoms with Gasteiger partial charge in [0.25, 0.3) is 5.78 Å². The van der Waals surface area contributed by atoms with Gasteiger partial charge in [0.05, 0.1) is 6.04 Å². The van der Waals surface area contributed by atoms with E-state index in [4.69, 9.17) is 10.5 Å². The molecule has 4 N–H and O–H groups in total. The maximum atomic E-state index is 13.2. The topological polar surface area (TPSA) is 151 Å². The van der Waals surface area contributed by atoms with Crippen LogP contribution in [0.15, 0.2) is 36.8 Å². The summed E-state index contributed by atoms with van der Waals surface area (Å²) in [5.74, 6) is 1.63. The average molecular weight is 509 g/mol. The number of ether oxygens (including phenoxy) is 1. The summed E-state index contributed by atoms with van der Waals surface area (Å²) in [5.41, 5.74) is 7.61. The number of nitrogens with one attached hydrogen (secondary N) is 1. The first-order chi connectivity index (χ1) is 17.9. The average Bonchev–Trinajstić information content (AvgIpc) is 3.55. The molecular formula is C25H32N8O4. The zero-order valence-corrected chi connectivity index (χ0v) is 20.8. The van der Waals surface area contributed by atoms with Crippen LogP contribution in [0.1, 0.15) is 37.3 Å². The standard InChI is InChI=1S/C25H32N8O4/c1-16(34)30-20(12-22(26)35)24(36)31-11-8-17-4-2-6-21(19(17)13-31)37-14-18-5-3-10-32(18)23-7-9-27-25-28-15-29-33(23)25/h2,4,6-7,9,15,18,20,22,35H,3,5,8,10-14,26H2,1H3,(H,30,34). The number of benzene rings is 1. The normalized spacial score (nSPS) is 18.9. The highest BCUT2D eigenvalue weighted by molar-refractivity contribution is 5.87. The number of nitrogens with zero attached hydrogens (tertiary/aromatic N) is 6. The number of anilines is 1. The summed E-state index contributed by atoms with van der Waals surface area (Å²) in [6.07, 6.45) is 4.69. The Bertz CT molecular complexity index is 1280. The molecule has 12 nitrogen and oxygen atoms in total. The first-order valence-corrected chi connectivity index (χ1v) is 12.5. The number of aliphatic hydroxyl groups is 1. The Morgan fingerprint density at radius 3 is 2.95 bits per heavy atom. The van der Waals surface area contributed by atoms with Crippen LogP contribution in [0.4, 0.5) is 5.82 Å². The molecule has 0 aliphatic carbocycles. The van der Waals surface area contributed by atoms with E-state index in [1.54, 1.807) is 15.6 Å². The van der Waals surface area contributed by atoms with Gasteiger partial charge in [-0.1, -0.05) is 12.1 Å². The molecular weight excluding hydrogens is 476 g/mol. The third-order valence-corrected chi connectivity index (χ3v) is 6.96. The molecule has 2 aliphatic heterocycles. The van der Waals surface area contributed by atoms with Gasteiger partial charge in [0, 0.05) is 44.7 Å². The van der Waals surface area contributed by atoms with Crippen molar-refractivity contribution >= 4 is 23.4 Å². The molecule has 12 heteroatoms. The Hall–Kier alpha value is -3.77. The molecule has 3 unspecified atom stereocenters. The summed E-state index contributed by atoms with van der Waals surface area (Å²) in [4.78, 5) is 37.3. The summed E-state index contributed by atoms with van der Waals surface area (Å²) < 4.78 is 8.13. The van der Waals surface area contributed by atoms with Gasteiger partial charge >= 0.3 is 0 Å². The third kappa shape index (κ3) is 5.35. The van der Waals surface area contributed by atoms with Crippen molar-refractivity contribution in [3.63, 3.8) is 0 Å². The monoisotopic (exact) mass is 508 g/mol. The van der Waals surface area contributed by atoms with Crippen molar-refractivity contribution in [2.75, 3.05) is 24.6 Å². The molecule has 3 atom stereocenters. The summed E-state index contributed by atoms with van der Waals surface area (Å²) in [6.45, 7) is 3.58. The molecule has 0 saturated carbocycles. The van der Waals surface area contributed by atoms with Gasteiger partial charge in [-0.3, -0.25) is 9.59 Å². The summed E-state index contributed by atoms with van der Waals surface area (Å²) >= 11 is 0. The minimum Gasteiger partial charge on any atom is -0.491 e. The van der Waals surface area contributed by atoms with Gasteiger partial charge in [0.1, 0.15) is 36.8 Å². The van der Waals surface area contributed by atoms with Crippen LogP contribution in [0.5, 0.6) is 5.75 Å². The van der Waals surface area contributed by atoms with Gasteiger partial charge in [-0.15, -0.1) is 0 Å². The number of aromatic nitrogens is 4. The minimum absolute atomic E-state index is 0.0501. The van der Waals surface area contributed by atoms with Crippen molar-refractivity contribution in [1.29, 1.82) is 0 Å². The molecule has 2 aliphatic rings. The molecule has 3 aromatic rings. The van der Waals surface area contributed by atoms with Gasteiger partial charge < -0.3 is 30.7 Å². The fourth-order valence-electron chi connectivity index (χ4n) is 5.24. The zero-order valence-electron chi connectivity index (χ0n) is 20.8. The molecule has 5 rings (SSSR count). The van der Waals surface area contributed by atoms with E-state index >= 15 is 0 Å². The Morgan fingerprint density at radius 2 is 2.14 bits per heavy atom. The van der Waals surface area contributed by atoms with Crippen molar-refractivity contribution in [1.82, 2.24) is 29.8 Å². The molecule has 4 heterocycles. The van der Waals surface area contributed by atoms with E-state index < -0.39 is 12.3 Å². The lowest BCUT2D eigenvalue weighted by atomic mass is 9.97. The van der Waals surface area contributed by atoms with E-state index in [1.807, 2.05) is 18.2 Å². The molecule has 2 amide bonds. The second kappa shape index (κ2) is 10.7. The first kappa shape index (κ1) is 24.9. The van der Waals surface area contributed by atoms with E-state index in [0.29, 0.717) is 31.9 Å². The maximum Gasteiger partial charge on any atom is 0.254 e. The summed E-state index contributed by atoms with van der Waals surface area (Å²) in [5, 5.41) is 16.6. The van der Waals surface area contributed by atoms with Crippen LogP contribution in [0.3, 0.4) is 0 Å². The molecule has 0 radical (unpaired) electrons. The lowest BCUT2D eigenvalue weighted by Crippen LogP contribution is -2.51. The molecule has 196 valence electrons. The van der Waals surface area contributed by atoms with Crippen molar-refractivity contribution in [2.24, 2.45) is 5.73 Å². The van der Waals surface area contributed by atoms with Gasteiger partial charge in [-0.05, 0) is 37.0 Å². The van der Waals surface area contributed by atoms with Crippen molar-refractivity contribution in [2.45, 2.75) is 57.5 Å². The number of rotatable bonds is 8. The fourth-order valence-corrected chi connectivity index (χ4v) is 5.24. The number of amides is 2. The maximum absolute atomic E-state index is 13.2. The van der Waals surface area contributed by atoms with Crippen molar-refractivity contribution in [3.8, 4) is 5.75 Å². The second-order valence-corrected chi connectivity index (χ2v) is 9.54. The molecule has 1 aromatic carbocycles. The van der Waals surface area contributed by atoms with Gasteiger partial charge in [-0.2, -0.15) is 14.6 Å². The second-order valence-electron chi connectivity index (χ2n) is 9.54. The van der Waals surface area contributed by atoms with Gasteiger partial charge in [0.2, 0.25) is 11.8 Å². The number of nitrogens with two attached hydrogens (primary N) is 1. The number of carbonyl (C=O) groups is 2. The number of hydrogen-bond donors (Lipinski definition) is 3. The highest BCUT2D eigenvalue weighted by Gasteiger charge is 2.31. The molecule has 1 fully saturated rings. The smallest absolute Gasteiger partial charge is 0.254 e. The Kier molecular flexibility index (Phi) is 7.19. The van der Waals surface area contributed by atoms with Crippen LogP contribution in [-0.2, 0) is 22.6 Å². The van der Waals surface area contributed by atoms with Gasteiger partial charge in [0.15, 0.2) is 0 Å². The zero-order chi connectivity index (χ0) is 25.9. The van der Waals surface area contributed by atoms with Crippen LogP contribution in [0.25, 0.3) is 5.78 Å². The number of fused-ring (bicyclic) bond motifs is 2. The van der Waals surface area contributed by atoms with E-state index in [0.717, 1.165) is 42.1 Å². The quantitative estimate of drug-likeness (QED) is 0.363. The van der Waals surface area contributed by atoms with Crippen LogP contribution in [-0.4, -0.2) is 79.4 Å². The van der Waals surface area contributed by atoms with Crippen LogP contribution in [0.2, 0.25) is 0 Å². The first-order valence-electron chi connectivity index (χ1n) is 12.5. The Balaban J connectivity index is 1.30. The third-order valence-electron chi connectivity index (χ3n) is 6.96. The molecule has 0 bridgehead atoms. The largest absolute Gasteiger partial charge is 0.491 e. The Morgan fingerprint density at radius 1 is 1.27 bits per heavy atom. The number of aliphatic hydroxyl groups excluding tert-OH is 1. The van der Waals surface area contributed by atoms with E-state index in [2.05, 4.69) is 31.3 Å². The predicted octanol–water partition coefficient (Wildman–Crippen LogP) is 0.229. The summed E-state index contributed by atoms with van der Waals surface area (Å²) in [6, 6.07) is 7.18. The summed E-state index contributed by atoms with van der Waals surface area (Å²) in [7, 11) is 0. The minimum atomic E-state index is -1.20. The highest BCUT2D eigenvalue weighted by atomic mass is 16.5. The van der Waals surface area contributed by atoms with E-state index in [9.17, 15) is 14.7 Å². The van der Waals surface area contributed by atoms with Crippen LogP contribution >= 0.6 is 0 Å². The highest BCUT2D eigenvalue weighted by Crippen LogP contribution is 2.31. The molecule has 37 heavy (non-hydrogen) atoms. The van der Waals surface area contributed by atoms with Gasteiger partial charge in [-0.25, -0.2) is 4.98 Å². The fraction of sp³-hybridized carbons (Fsp3) is 0.480. The van der Waals surface area contributed by atoms with Crippen LogP contribution in [0, 0.1) is 0 Å². The molecule has 2 aromatic heterocycles. The van der Waals surface area contributed by atoms with E-state index in [1.165, 1.54) is 13.3 Å². The lowest BCUT2D eigenvalue weighted by molar-refractivity contribution is -0.137. The SMILES string of the molecule is CC(=O)NC(CC(N)O)C(=O)N1CCc2cccc(OCC3CCCN3c3ccnc4ncnn34)c2C1. The predicted molar refractivity (Wildman–Crippen MR) is 135 cm³/mol. The molecule has 1 saturated heterocycles. The number of carbonyl (C=O) groups excluding carboxylic acids is 2. The van der Waals surface area contributed by atoms with Crippen LogP contribution < -0.4 is 20.7 Å². The van der Waals surface area contributed by atoms with Crippen molar-refractivity contribution < 1.29 is 19.4 Å².